The van der Waals surface area contributed by atoms with Crippen LogP contribution < -0.4 is 5.32 Å². The second-order valence-corrected chi connectivity index (χ2v) is 6.15. The molecule has 2 fully saturated rings. The van der Waals surface area contributed by atoms with Crippen molar-refractivity contribution in [2.24, 2.45) is 0 Å². The van der Waals surface area contributed by atoms with Crippen LogP contribution in [0.2, 0.25) is 0 Å². The van der Waals surface area contributed by atoms with E-state index < -0.39 is 0 Å². The largest absolute Gasteiger partial charge is 0.339 e. The van der Waals surface area contributed by atoms with Crippen molar-refractivity contribution in [1.82, 2.24) is 15.5 Å². The van der Waals surface area contributed by atoms with Crippen molar-refractivity contribution in [3.63, 3.8) is 0 Å². The first-order valence-electron chi connectivity index (χ1n) is 7.91. The van der Waals surface area contributed by atoms with Gasteiger partial charge in [0.05, 0.1) is 6.04 Å². The van der Waals surface area contributed by atoms with Crippen LogP contribution in [-0.4, -0.2) is 16.7 Å². The fourth-order valence-corrected chi connectivity index (χ4v) is 3.61. The summed E-state index contributed by atoms with van der Waals surface area (Å²) in [6, 6.07) is 0.301. The third-order valence-corrected chi connectivity index (χ3v) is 5.00. The summed E-state index contributed by atoms with van der Waals surface area (Å²) < 4.78 is 5.64. The number of hydrogen-bond donors (Lipinski definition) is 1. The molecule has 0 amide bonds. The summed E-state index contributed by atoms with van der Waals surface area (Å²) in [6.07, 6.45) is 11.1. The summed E-state index contributed by atoms with van der Waals surface area (Å²) >= 11 is 0. The Labute approximate surface area is 115 Å². The van der Waals surface area contributed by atoms with E-state index in [0.29, 0.717) is 6.04 Å². The van der Waals surface area contributed by atoms with E-state index in [1.54, 1.807) is 0 Å². The number of aromatic nitrogens is 2. The molecule has 1 aromatic heterocycles. The molecule has 0 spiro atoms. The van der Waals surface area contributed by atoms with Gasteiger partial charge in [-0.25, -0.2) is 0 Å². The highest BCUT2D eigenvalue weighted by atomic mass is 16.5. The van der Waals surface area contributed by atoms with Gasteiger partial charge >= 0.3 is 0 Å². The molecule has 1 unspecified atom stereocenters. The molecule has 1 aliphatic carbocycles. The Morgan fingerprint density at radius 2 is 2.05 bits per heavy atom. The molecular formula is C15H25N3O. The standard InChI is InChI=1S/C15H25N3O/c1-2-15(9-5-6-10-15)14-17-13(18-19-14)12-8-4-3-7-11-16-12/h12,16H,2-11H2,1H3. The zero-order chi connectivity index (χ0) is 13.1. The van der Waals surface area contributed by atoms with E-state index in [1.807, 2.05) is 0 Å². The van der Waals surface area contributed by atoms with E-state index in [9.17, 15) is 0 Å². The van der Waals surface area contributed by atoms with Crippen molar-refractivity contribution >= 4 is 0 Å². The number of rotatable bonds is 3. The monoisotopic (exact) mass is 263 g/mol. The first-order chi connectivity index (χ1) is 9.34. The Morgan fingerprint density at radius 1 is 1.21 bits per heavy atom. The van der Waals surface area contributed by atoms with Crippen LogP contribution in [0.3, 0.4) is 0 Å². The molecular weight excluding hydrogens is 238 g/mol. The van der Waals surface area contributed by atoms with Crippen LogP contribution in [0.4, 0.5) is 0 Å². The highest BCUT2D eigenvalue weighted by Crippen LogP contribution is 2.43. The molecule has 2 heterocycles. The molecule has 106 valence electrons. The van der Waals surface area contributed by atoms with Crippen LogP contribution in [0.15, 0.2) is 4.52 Å². The fraction of sp³-hybridized carbons (Fsp3) is 0.867. The average molecular weight is 263 g/mol. The summed E-state index contributed by atoms with van der Waals surface area (Å²) in [5.74, 6) is 1.78. The van der Waals surface area contributed by atoms with Gasteiger partial charge in [0, 0.05) is 5.41 Å². The van der Waals surface area contributed by atoms with E-state index in [-0.39, 0.29) is 5.41 Å². The molecule has 0 radical (unpaired) electrons. The lowest BCUT2D eigenvalue weighted by molar-refractivity contribution is 0.270. The summed E-state index contributed by atoms with van der Waals surface area (Å²) in [5.41, 5.74) is 0.177. The van der Waals surface area contributed by atoms with Crippen molar-refractivity contribution in [2.75, 3.05) is 6.54 Å². The third-order valence-electron chi connectivity index (χ3n) is 5.00. The van der Waals surface area contributed by atoms with E-state index in [0.717, 1.165) is 31.1 Å². The van der Waals surface area contributed by atoms with Crippen LogP contribution in [-0.2, 0) is 5.41 Å². The molecule has 4 heteroatoms. The van der Waals surface area contributed by atoms with Gasteiger partial charge in [-0.3, -0.25) is 0 Å². The lowest BCUT2D eigenvalue weighted by atomic mass is 9.83. The number of nitrogens with zero attached hydrogens (tertiary/aromatic N) is 2. The Hall–Kier alpha value is -0.900. The molecule has 1 saturated heterocycles. The second kappa shape index (κ2) is 5.61. The van der Waals surface area contributed by atoms with E-state index in [2.05, 4.69) is 17.4 Å². The fourth-order valence-electron chi connectivity index (χ4n) is 3.61. The van der Waals surface area contributed by atoms with Gasteiger partial charge in [-0.2, -0.15) is 4.98 Å². The minimum atomic E-state index is 0.177. The normalized spacial score (nSPS) is 27.3. The van der Waals surface area contributed by atoms with E-state index in [4.69, 9.17) is 9.51 Å². The summed E-state index contributed by atoms with van der Waals surface area (Å²) in [5, 5.41) is 7.82. The molecule has 1 aliphatic heterocycles. The van der Waals surface area contributed by atoms with Crippen molar-refractivity contribution in [2.45, 2.75) is 76.2 Å². The summed E-state index contributed by atoms with van der Waals surface area (Å²) in [4.78, 5) is 4.76. The zero-order valence-corrected chi connectivity index (χ0v) is 12.0. The predicted octanol–water partition coefficient (Wildman–Crippen LogP) is 3.50. The average Bonchev–Trinajstić information content (AvgIpc) is 3.03. The highest BCUT2D eigenvalue weighted by molar-refractivity contribution is 5.09. The van der Waals surface area contributed by atoms with Crippen LogP contribution in [0.25, 0.3) is 0 Å². The number of hydrogen-bond acceptors (Lipinski definition) is 4. The molecule has 1 aromatic rings. The Bertz CT molecular complexity index is 401. The Balaban J connectivity index is 1.78. The van der Waals surface area contributed by atoms with Gasteiger partial charge in [-0.05, 0) is 38.6 Å². The second-order valence-electron chi connectivity index (χ2n) is 6.15. The maximum absolute atomic E-state index is 5.64. The minimum Gasteiger partial charge on any atom is -0.339 e. The van der Waals surface area contributed by atoms with Crippen LogP contribution in [0.1, 0.15) is 82.5 Å². The van der Waals surface area contributed by atoms with Crippen molar-refractivity contribution in [3.05, 3.63) is 11.7 Å². The first kappa shape index (κ1) is 13.1. The predicted molar refractivity (Wildman–Crippen MR) is 73.9 cm³/mol. The Kier molecular flexibility index (Phi) is 3.87. The van der Waals surface area contributed by atoms with Gasteiger partial charge in [-0.15, -0.1) is 0 Å². The van der Waals surface area contributed by atoms with E-state index >= 15 is 0 Å². The van der Waals surface area contributed by atoms with Crippen LogP contribution >= 0.6 is 0 Å². The van der Waals surface area contributed by atoms with Crippen molar-refractivity contribution < 1.29 is 4.52 Å². The smallest absolute Gasteiger partial charge is 0.232 e. The van der Waals surface area contributed by atoms with Gasteiger partial charge in [0.1, 0.15) is 0 Å². The minimum absolute atomic E-state index is 0.177. The van der Waals surface area contributed by atoms with Gasteiger partial charge in [0.15, 0.2) is 5.82 Å². The molecule has 0 bridgehead atoms. The van der Waals surface area contributed by atoms with Crippen LogP contribution in [0, 0.1) is 0 Å². The van der Waals surface area contributed by atoms with Crippen LogP contribution in [0.5, 0.6) is 0 Å². The highest BCUT2D eigenvalue weighted by Gasteiger charge is 2.39. The van der Waals surface area contributed by atoms with Crippen molar-refractivity contribution in [3.8, 4) is 0 Å². The maximum atomic E-state index is 5.64. The summed E-state index contributed by atoms with van der Waals surface area (Å²) in [6.45, 7) is 3.33. The van der Waals surface area contributed by atoms with Crippen molar-refractivity contribution in [1.29, 1.82) is 0 Å². The van der Waals surface area contributed by atoms with Gasteiger partial charge in [0.25, 0.3) is 0 Å². The molecule has 4 nitrogen and oxygen atoms in total. The maximum Gasteiger partial charge on any atom is 0.232 e. The van der Waals surface area contributed by atoms with Gasteiger partial charge < -0.3 is 9.84 Å². The number of nitrogens with one attached hydrogen (secondary N) is 1. The first-order valence-corrected chi connectivity index (χ1v) is 7.91. The quantitative estimate of drug-likeness (QED) is 0.907. The molecule has 1 N–H and O–H groups in total. The molecule has 3 rings (SSSR count). The SMILES string of the molecule is CCC1(c2nc(C3CCCCCN3)no2)CCCC1. The Morgan fingerprint density at radius 3 is 2.84 bits per heavy atom. The molecule has 2 aliphatic rings. The lowest BCUT2D eigenvalue weighted by Crippen LogP contribution is -2.23. The third kappa shape index (κ3) is 2.55. The van der Waals surface area contributed by atoms with E-state index in [1.165, 1.54) is 44.9 Å². The molecule has 1 saturated carbocycles. The van der Waals surface area contributed by atoms with Gasteiger partial charge in [-0.1, -0.05) is 37.8 Å². The summed E-state index contributed by atoms with van der Waals surface area (Å²) in [7, 11) is 0. The lowest BCUT2D eigenvalue weighted by Gasteiger charge is -2.21. The van der Waals surface area contributed by atoms with Gasteiger partial charge in [0.2, 0.25) is 5.89 Å². The topological polar surface area (TPSA) is 51.0 Å². The molecule has 1 atom stereocenters. The molecule has 0 aromatic carbocycles. The zero-order valence-electron chi connectivity index (χ0n) is 12.0. The molecule has 19 heavy (non-hydrogen) atoms.